The van der Waals surface area contributed by atoms with Crippen LogP contribution in [-0.2, 0) is 6.54 Å². The summed E-state index contributed by atoms with van der Waals surface area (Å²) in [7, 11) is 0. The van der Waals surface area contributed by atoms with E-state index >= 15 is 0 Å². The Kier molecular flexibility index (Phi) is 6.68. The normalized spacial score (nSPS) is 12.4. The molecule has 1 aromatic rings. The van der Waals surface area contributed by atoms with Crippen LogP contribution in [0.2, 0.25) is 0 Å². The van der Waals surface area contributed by atoms with Crippen LogP contribution in [-0.4, -0.2) is 24.4 Å². The molecule has 0 aliphatic carbocycles. The lowest BCUT2D eigenvalue weighted by atomic mass is 10.2. The topological polar surface area (TPSA) is 41.5 Å². The van der Waals surface area contributed by atoms with Gasteiger partial charge in [0, 0.05) is 19.0 Å². The molecule has 102 valence electrons. The molecule has 4 heteroatoms. The Morgan fingerprint density at radius 1 is 1.39 bits per heavy atom. The fraction of sp³-hybridized carbons (Fsp3) is 0.571. The third kappa shape index (κ3) is 5.98. The van der Waals surface area contributed by atoms with Gasteiger partial charge in [0.05, 0.1) is 12.7 Å². The van der Waals surface area contributed by atoms with Crippen LogP contribution in [0.4, 0.5) is 4.39 Å². The fourth-order valence-electron chi connectivity index (χ4n) is 1.56. The van der Waals surface area contributed by atoms with Crippen molar-refractivity contribution < 1.29 is 14.2 Å². The molecule has 2 N–H and O–H groups in total. The maximum Gasteiger partial charge on any atom is 0.127 e. The molecule has 3 nitrogen and oxygen atoms in total. The molecule has 0 fully saturated rings. The van der Waals surface area contributed by atoms with Crippen LogP contribution in [0, 0.1) is 5.82 Å². The molecule has 0 heterocycles. The fourth-order valence-corrected chi connectivity index (χ4v) is 1.56. The van der Waals surface area contributed by atoms with E-state index in [0.29, 0.717) is 25.3 Å². The maximum atomic E-state index is 13.4. The first kappa shape index (κ1) is 14.9. The first-order valence-corrected chi connectivity index (χ1v) is 6.43. The van der Waals surface area contributed by atoms with Crippen LogP contribution in [0.5, 0.6) is 5.75 Å². The Balaban J connectivity index is 2.51. The van der Waals surface area contributed by atoms with E-state index in [9.17, 15) is 4.39 Å². The number of nitrogens with one attached hydrogen (secondary N) is 1. The zero-order chi connectivity index (χ0) is 13.4. The number of benzene rings is 1. The van der Waals surface area contributed by atoms with Crippen molar-refractivity contribution in [3.8, 4) is 5.75 Å². The predicted molar refractivity (Wildman–Crippen MR) is 70.2 cm³/mol. The largest absolute Gasteiger partial charge is 0.493 e. The van der Waals surface area contributed by atoms with Gasteiger partial charge in [-0.15, -0.1) is 0 Å². The van der Waals surface area contributed by atoms with Crippen LogP contribution < -0.4 is 10.1 Å². The molecule has 1 unspecified atom stereocenters. The predicted octanol–water partition coefficient (Wildman–Crippen LogP) is 2.48. The minimum Gasteiger partial charge on any atom is -0.493 e. The van der Waals surface area contributed by atoms with Crippen molar-refractivity contribution in [1.82, 2.24) is 5.32 Å². The number of hydrogen-bond donors (Lipinski definition) is 2. The van der Waals surface area contributed by atoms with Crippen LogP contribution in [0.3, 0.4) is 0 Å². The second-order valence-electron chi connectivity index (χ2n) is 4.46. The van der Waals surface area contributed by atoms with Crippen LogP contribution >= 0.6 is 0 Å². The minimum atomic E-state index is -0.399. The number of hydrogen-bond acceptors (Lipinski definition) is 3. The Hall–Kier alpha value is -1.13. The SMILES string of the molecule is CCCNCc1cc(F)cc(OCCC(C)O)c1. The summed E-state index contributed by atoms with van der Waals surface area (Å²) in [5.41, 5.74) is 0.871. The molecule has 0 aromatic heterocycles. The molecule has 0 amide bonds. The van der Waals surface area contributed by atoms with E-state index in [2.05, 4.69) is 12.2 Å². The zero-order valence-corrected chi connectivity index (χ0v) is 11.1. The molecule has 1 rings (SSSR count). The number of aliphatic hydroxyl groups is 1. The first-order valence-electron chi connectivity index (χ1n) is 6.43. The second kappa shape index (κ2) is 8.06. The number of halogens is 1. The molecular weight excluding hydrogens is 233 g/mol. The van der Waals surface area contributed by atoms with Crippen LogP contribution in [0.15, 0.2) is 18.2 Å². The van der Waals surface area contributed by atoms with Crippen molar-refractivity contribution in [2.24, 2.45) is 0 Å². The quantitative estimate of drug-likeness (QED) is 0.701. The first-order chi connectivity index (χ1) is 8.61. The molecule has 0 radical (unpaired) electrons. The average molecular weight is 255 g/mol. The van der Waals surface area contributed by atoms with E-state index in [-0.39, 0.29) is 5.82 Å². The van der Waals surface area contributed by atoms with E-state index in [1.807, 2.05) is 6.07 Å². The van der Waals surface area contributed by atoms with Crippen molar-refractivity contribution in [3.05, 3.63) is 29.6 Å². The molecule has 0 aliphatic heterocycles. The van der Waals surface area contributed by atoms with Gasteiger partial charge in [-0.25, -0.2) is 4.39 Å². The standard InChI is InChI=1S/C14H22FNO2/c1-3-5-16-10-12-7-13(15)9-14(8-12)18-6-4-11(2)17/h7-9,11,16-17H,3-6,10H2,1-2H3. The third-order valence-electron chi connectivity index (χ3n) is 2.49. The zero-order valence-electron chi connectivity index (χ0n) is 11.1. The average Bonchev–Trinajstić information content (AvgIpc) is 2.28. The summed E-state index contributed by atoms with van der Waals surface area (Å²) in [4.78, 5) is 0. The maximum absolute atomic E-state index is 13.4. The second-order valence-corrected chi connectivity index (χ2v) is 4.46. The van der Waals surface area contributed by atoms with Gasteiger partial charge in [0.15, 0.2) is 0 Å². The summed E-state index contributed by atoms with van der Waals surface area (Å²) >= 11 is 0. The van der Waals surface area contributed by atoms with Crippen molar-refractivity contribution in [2.45, 2.75) is 39.3 Å². The van der Waals surface area contributed by atoms with Gasteiger partial charge in [-0.3, -0.25) is 0 Å². The lowest BCUT2D eigenvalue weighted by Gasteiger charge is -2.10. The van der Waals surface area contributed by atoms with Gasteiger partial charge in [-0.05, 0) is 37.6 Å². The van der Waals surface area contributed by atoms with Gasteiger partial charge in [-0.1, -0.05) is 6.92 Å². The Morgan fingerprint density at radius 2 is 2.17 bits per heavy atom. The molecule has 0 bridgehead atoms. The smallest absolute Gasteiger partial charge is 0.127 e. The van der Waals surface area contributed by atoms with Gasteiger partial charge in [0.25, 0.3) is 0 Å². The van der Waals surface area contributed by atoms with Gasteiger partial charge < -0.3 is 15.2 Å². The highest BCUT2D eigenvalue weighted by atomic mass is 19.1. The minimum absolute atomic E-state index is 0.294. The van der Waals surface area contributed by atoms with E-state index in [1.165, 1.54) is 12.1 Å². The number of aliphatic hydroxyl groups excluding tert-OH is 1. The third-order valence-corrected chi connectivity index (χ3v) is 2.49. The van der Waals surface area contributed by atoms with Gasteiger partial charge >= 0.3 is 0 Å². The highest BCUT2D eigenvalue weighted by Gasteiger charge is 2.03. The summed E-state index contributed by atoms with van der Waals surface area (Å²) in [6.07, 6.45) is 1.19. The van der Waals surface area contributed by atoms with Gasteiger partial charge in [0.1, 0.15) is 11.6 Å². The van der Waals surface area contributed by atoms with Crippen molar-refractivity contribution in [1.29, 1.82) is 0 Å². The van der Waals surface area contributed by atoms with Gasteiger partial charge in [-0.2, -0.15) is 0 Å². The summed E-state index contributed by atoms with van der Waals surface area (Å²) in [6.45, 7) is 5.73. The number of rotatable bonds is 8. The van der Waals surface area contributed by atoms with Crippen molar-refractivity contribution in [3.63, 3.8) is 0 Å². The Bertz CT molecular complexity index is 356. The summed E-state index contributed by atoms with van der Waals surface area (Å²) < 4.78 is 18.8. The van der Waals surface area contributed by atoms with Crippen molar-refractivity contribution in [2.75, 3.05) is 13.2 Å². The number of ether oxygens (including phenoxy) is 1. The highest BCUT2D eigenvalue weighted by molar-refractivity contribution is 5.29. The monoisotopic (exact) mass is 255 g/mol. The van der Waals surface area contributed by atoms with Crippen LogP contribution in [0.25, 0.3) is 0 Å². The molecule has 0 spiro atoms. The lowest BCUT2D eigenvalue weighted by Crippen LogP contribution is -2.14. The molecule has 0 saturated carbocycles. The van der Waals surface area contributed by atoms with Crippen molar-refractivity contribution >= 4 is 0 Å². The molecule has 1 atom stereocenters. The molecule has 0 aliphatic rings. The van der Waals surface area contributed by atoms with E-state index in [4.69, 9.17) is 9.84 Å². The van der Waals surface area contributed by atoms with E-state index in [0.717, 1.165) is 18.5 Å². The summed E-state index contributed by atoms with van der Waals surface area (Å²) in [5.74, 6) is 0.224. The van der Waals surface area contributed by atoms with E-state index < -0.39 is 6.10 Å². The van der Waals surface area contributed by atoms with Gasteiger partial charge in [0.2, 0.25) is 0 Å². The van der Waals surface area contributed by atoms with E-state index in [1.54, 1.807) is 6.92 Å². The van der Waals surface area contributed by atoms with Crippen LogP contribution in [0.1, 0.15) is 32.3 Å². The Labute approximate surface area is 108 Å². The molecule has 1 aromatic carbocycles. The summed E-state index contributed by atoms with van der Waals surface area (Å²) in [6, 6.07) is 4.70. The lowest BCUT2D eigenvalue weighted by molar-refractivity contribution is 0.155. The Morgan fingerprint density at radius 3 is 2.83 bits per heavy atom. The summed E-state index contributed by atoms with van der Waals surface area (Å²) in [5, 5.41) is 12.3. The molecule has 18 heavy (non-hydrogen) atoms. The highest BCUT2D eigenvalue weighted by Crippen LogP contribution is 2.16. The molecule has 0 saturated heterocycles. The molecular formula is C14H22FNO2.